The minimum absolute atomic E-state index is 0.108. The molecule has 0 aromatic heterocycles. The molecule has 1 rings (SSSR count). The molecule has 0 saturated carbocycles. The maximum atomic E-state index is 12.0. The lowest BCUT2D eigenvalue weighted by Crippen LogP contribution is -2.43. The van der Waals surface area contributed by atoms with Gasteiger partial charge in [-0.1, -0.05) is 23.2 Å². The lowest BCUT2D eigenvalue weighted by atomic mass is 10.2. The Kier molecular flexibility index (Phi) is 5.35. The van der Waals surface area contributed by atoms with Crippen LogP contribution in [0.4, 0.5) is 0 Å². The number of nitrogens with two attached hydrogens (primary N) is 1. The highest BCUT2D eigenvalue weighted by Crippen LogP contribution is 2.25. The number of carbonyl (C=O) groups excluding carboxylic acids is 1. The van der Waals surface area contributed by atoms with Crippen LogP contribution in [0.15, 0.2) is 23.1 Å². The third kappa shape index (κ3) is 4.34. The van der Waals surface area contributed by atoms with E-state index in [1.807, 2.05) is 4.72 Å². The molecule has 0 fully saturated rings. The van der Waals surface area contributed by atoms with Gasteiger partial charge in [0.2, 0.25) is 15.9 Å². The van der Waals surface area contributed by atoms with Gasteiger partial charge in [-0.2, -0.15) is 4.72 Å². The zero-order valence-corrected chi connectivity index (χ0v) is 12.2. The normalized spacial score (nSPS) is 12.9. The predicted octanol–water partition coefficient (Wildman–Crippen LogP) is 0.600. The molecule has 0 aliphatic heterocycles. The number of halogens is 2. The zero-order chi connectivity index (χ0) is 15.5. The molecule has 1 aromatic rings. The Hall–Kier alpha value is -1.35. The van der Waals surface area contributed by atoms with Crippen LogP contribution >= 0.6 is 23.2 Å². The summed E-state index contributed by atoms with van der Waals surface area (Å²) in [7, 11) is -4.26. The van der Waals surface area contributed by atoms with E-state index in [2.05, 4.69) is 0 Å². The molecule has 0 saturated heterocycles. The number of primary amides is 1. The molecule has 110 valence electrons. The van der Waals surface area contributed by atoms with Gasteiger partial charge in [-0.25, -0.2) is 8.42 Å². The van der Waals surface area contributed by atoms with E-state index in [0.717, 1.165) is 6.07 Å². The SMILES string of the molecule is NC(=O)CC(NS(=O)(=O)c1cc(Cl)ccc1Cl)C(=O)O. The van der Waals surface area contributed by atoms with Crippen molar-refractivity contribution < 1.29 is 23.1 Å². The second-order valence-corrected chi connectivity index (χ2v) is 6.28. The molecule has 1 aromatic carbocycles. The number of aliphatic carboxylic acids is 1. The Bertz CT molecular complexity index is 647. The Balaban J connectivity index is 3.12. The summed E-state index contributed by atoms with van der Waals surface area (Å²) in [5, 5.41) is 8.84. The van der Waals surface area contributed by atoms with Gasteiger partial charge in [-0.15, -0.1) is 0 Å². The van der Waals surface area contributed by atoms with Crippen molar-refractivity contribution in [2.24, 2.45) is 5.73 Å². The first-order valence-electron chi connectivity index (χ1n) is 5.12. The van der Waals surface area contributed by atoms with Gasteiger partial charge >= 0.3 is 5.97 Å². The molecule has 0 aliphatic rings. The molecule has 0 spiro atoms. The van der Waals surface area contributed by atoms with Crippen LogP contribution < -0.4 is 10.5 Å². The van der Waals surface area contributed by atoms with Crippen LogP contribution in [0, 0.1) is 0 Å². The van der Waals surface area contributed by atoms with Gasteiger partial charge in [-0.3, -0.25) is 9.59 Å². The molecule has 1 amide bonds. The summed E-state index contributed by atoms with van der Waals surface area (Å²) in [6, 6.07) is 2.01. The topological polar surface area (TPSA) is 127 Å². The largest absolute Gasteiger partial charge is 0.480 e. The summed E-state index contributed by atoms with van der Waals surface area (Å²) in [6.07, 6.45) is -0.688. The minimum Gasteiger partial charge on any atom is -0.480 e. The first-order chi connectivity index (χ1) is 9.13. The van der Waals surface area contributed by atoms with Crippen LogP contribution in [-0.4, -0.2) is 31.4 Å². The number of hydrogen-bond donors (Lipinski definition) is 3. The average Bonchev–Trinajstić information content (AvgIpc) is 2.30. The number of rotatable bonds is 6. The Morgan fingerprint density at radius 2 is 1.95 bits per heavy atom. The van der Waals surface area contributed by atoms with Crippen molar-refractivity contribution in [3.8, 4) is 0 Å². The summed E-state index contributed by atoms with van der Waals surface area (Å²) >= 11 is 11.4. The molecule has 0 bridgehead atoms. The first-order valence-corrected chi connectivity index (χ1v) is 7.36. The van der Waals surface area contributed by atoms with Gasteiger partial charge in [0.15, 0.2) is 0 Å². The molecule has 20 heavy (non-hydrogen) atoms. The second-order valence-electron chi connectivity index (χ2n) is 3.76. The van der Waals surface area contributed by atoms with E-state index in [1.165, 1.54) is 12.1 Å². The van der Waals surface area contributed by atoms with Gasteiger partial charge in [0.1, 0.15) is 10.9 Å². The second kappa shape index (κ2) is 6.40. The number of nitrogens with one attached hydrogen (secondary N) is 1. The molecule has 1 unspecified atom stereocenters. The van der Waals surface area contributed by atoms with Gasteiger partial charge in [0, 0.05) is 5.02 Å². The summed E-state index contributed by atoms with van der Waals surface area (Å²) < 4.78 is 25.9. The molecule has 0 radical (unpaired) electrons. The van der Waals surface area contributed by atoms with Crippen molar-refractivity contribution in [2.45, 2.75) is 17.4 Å². The molecule has 4 N–H and O–H groups in total. The summed E-state index contributed by atoms with van der Waals surface area (Å²) in [6.45, 7) is 0. The summed E-state index contributed by atoms with van der Waals surface area (Å²) in [4.78, 5) is 21.2. The summed E-state index contributed by atoms with van der Waals surface area (Å²) in [5.41, 5.74) is 4.86. The van der Waals surface area contributed by atoms with Crippen LogP contribution in [0.25, 0.3) is 0 Å². The molecule has 1 atom stereocenters. The Morgan fingerprint density at radius 3 is 2.45 bits per heavy atom. The maximum Gasteiger partial charge on any atom is 0.322 e. The zero-order valence-electron chi connectivity index (χ0n) is 9.84. The predicted molar refractivity (Wildman–Crippen MR) is 72.0 cm³/mol. The van der Waals surface area contributed by atoms with E-state index in [9.17, 15) is 18.0 Å². The van der Waals surface area contributed by atoms with Gasteiger partial charge in [-0.05, 0) is 18.2 Å². The van der Waals surface area contributed by atoms with Crippen molar-refractivity contribution in [2.75, 3.05) is 0 Å². The quantitative estimate of drug-likeness (QED) is 0.698. The monoisotopic (exact) mass is 340 g/mol. The van der Waals surface area contributed by atoms with E-state index in [4.69, 9.17) is 34.0 Å². The minimum atomic E-state index is -4.26. The van der Waals surface area contributed by atoms with E-state index in [0.29, 0.717) is 0 Å². The third-order valence-corrected chi connectivity index (χ3v) is 4.37. The van der Waals surface area contributed by atoms with Gasteiger partial charge in [0.25, 0.3) is 0 Å². The van der Waals surface area contributed by atoms with Crippen LogP contribution in [0.3, 0.4) is 0 Å². The standard InChI is InChI=1S/C10H10Cl2N2O5S/c11-5-1-2-6(12)8(3-5)20(18,19)14-7(10(16)17)4-9(13)15/h1-3,7,14H,4H2,(H2,13,15)(H,16,17). The Labute approximate surface area is 124 Å². The third-order valence-electron chi connectivity index (χ3n) is 2.18. The van der Waals surface area contributed by atoms with Gasteiger partial charge < -0.3 is 10.8 Å². The lowest BCUT2D eigenvalue weighted by molar-refractivity contribution is -0.140. The molecular weight excluding hydrogens is 331 g/mol. The van der Waals surface area contributed by atoms with E-state index >= 15 is 0 Å². The fraction of sp³-hybridized carbons (Fsp3) is 0.200. The van der Waals surface area contributed by atoms with Crippen molar-refractivity contribution in [1.29, 1.82) is 0 Å². The van der Waals surface area contributed by atoms with Gasteiger partial charge in [0.05, 0.1) is 11.4 Å². The van der Waals surface area contributed by atoms with Crippen molar-refractivity contribution in [1.82, 2.24) is 4.72 Å². The Morgan fingerprint density at radius 1 is 1.35 bits per heavy atom. The van der Waals surface area contributed by atoms with Crippen LogP contribution in [0.1, 0.15) is 6.42 Å². The van der Waals surface area contributed by atoms with Crippen LogP contribution in [0.5, 0.6) is 0 Å². The molecular formula is C10H10Cl2N2O5S. The number of benzene rings is 1. The fourth-order valence-corrected chi connectivity index (χ4v) is 3.27. The number of amides is 1. The van der Waals surface area contributed by atoms with Crippen LogP contribution in [-0.2, 0) is 19.6 Å². The lowest BCUT2D eigenvalue weighted by Gasteiger charge is -2.14. The number of hydrogen-bond acceptors (Lipinski definition) is 4. The van der Waals surface area contributed by atoms with Crippen LogP contribution in [0.2, 0.25) is 10.0 Å². The molecule has 7 nitrogen and oxygen atoms in total. The van der Waals surface area contributed by atoms with Crippen molar-refractivity contribution >= 4 is 45.1 Å². The van der Waals surface area contributed by atoms with Crippen molar-refractivity contribution in [3.05, 3.63) is 28.2 Å². The highest BCUT2D eigenvalue weighted by atomic mass is 35.5. The highest BCUT2D eigenvalue weighted by molar-refractivity contribution is 7.89. The van der Waals surface area contributed by atoms with E-state index in [1.54, 1.807) is 0 Å². The fourth-order valence-electron chi connectivity index (χ4n) is 1.31. The molecule has 0 aliphatic carbocycles. The van der Waals surface area contributed by atoms with E-state index in [-0.39, 0.29) is 14.9 Å². The van der Waals surface area contributed by atoms with Crippen molar-refractivity contribution in [3.63, 3.8) is 0 Å². The number of carbonyl (C=O) groups is 2. The smallest absolute Gasteiger partial charge is 0.322 e. The highest BCUT2D eigenvalue weighted by Gasteiger charge is 2.28. The average molecular weight is 341 g/mol. The summed E-state index contributed by atoms with van der Waals surface area (Å²) in [5.74, 6) is -2.50. The molecule has 0 heterocycles. The number of sulfonamides is 1. The van der Waals surface area contributed by atoms with E-state index < -0.39 is 34.4 Å². The first kappa shape index (κ1) is 16.7. The maximum absolute atomic E-state index is 12.0. The molecule has 10 heteroatoms. The number of carboxylic acid groups (broad SMARTS) is 1. The number of carboxylic acids is 1.